The lowest BCUT2D eigenvalue weighted by Gasteiger charge is -2.32. The summed E-state index contributed by atoms with van der Waals surface area (Å²) in [4.78, 5) is 97.4. The van der Waals surface area contributed by atoms with Crippen LogP contribution in [0.3, 0.4) is 0 Å². The van der Waals surface area contributed by atoms with Crippen molar-refractivity contribution in [3.05, 3.63) is 52.9 Å². The number of ether oxygens (including phenoxy) is 6. The highest BCUT2D eigenvalue weighted by molar-refractivity contribution is 5.83. The predicted molar refractivity (Wildman–Crippen MR) is 276 cm³/mol. The molecule has 0 aliphatic heterocycles. The van der Waals surface area contributed by atoms with Gasteiger partial charge in [-0.3, -0.25) is 28.8 Å². The minimum atomic E-state index is -0.634. The minimum Gasteiger partial charge on any atom is -0.462 e. The zero-order chi connectivity index (χ0) is 52.4. The van der Waals surface area contributed by atoms with Crippen LogP contribution in [0.4, 0.5) is 0 Å². The Kier molecular flexibility index (Phi) is 18.4. The maximum atomic E-state index is 13.8. The number of aromatic nitrogens is 1. The number of hydrogen-bond acceptors (Lipinski definition) is 15. The first-order chi connectivity index (χ1) is 36.4. The molecule has 0 N–H and O–H groups in total. The lowest BCUT2D eigenvalue weighted by molar-refractivity contribution is -0.164. The van der Waals surface area contributed by atoms with Crippen LogP contribution in [0.25, 0.3) is 22.4 Å². The summed E-state index contributed by atoms with van der Waals surface area (Å²) in [6, 6.07) is 11.2. The first-order valence-corrected chi connectivity index (χ1v) is 28.7. The zero-order valence-corrected chi connectivity index (χ0v) is 44.0. The van der Waals surface area contributed by atoms with Crippen LogP contribution in [-0.2, 0) is 47.7 Å². The predicted octanol–water partition coefficient (Wildman–Crippen LogP) is 11.5. The maximum absolute atomic E-state index is 13.8. The van der Waals surface area contributed by atoms with Gasteiger partial charge >= 0.3 is 41.4 Å². The number of esters is 6. The fraction of sp³-hybridized carbons (Fsp3) is 0.667. The second-order valence-electron chi connectivity index (χ2n) is 22.7. The molecule has 1 aromatic heterocycles. The van der Waals surface area contributed by atoms with E-state index in [-0.39, 0.29) is 100 Å². The smallest absolute Gasteiger partial charge is 0.347 e. The number of hydrogen-bond donors (Lipinski definition) is 0. The molecule has 2 aromatic carbocycles. The van der Waals surface area contributed by atoms with Crippen LogP contribution in [0.1, 0.15) is 181 Å². The Balaban J connectivity index is 0.735. The van der Waals surface area contributed by atoms with Gasteiger partial charge in [0.15, 0.2) is 0 Å². The molecule has 9 rings (SSSR count). The molecule has 15 nitrogen and oxygen atoms in total. The van der Waals surface area contributed by atoms with E-state index in [0.29, 0.717) is 120 Å². The van der Waals surface area contributed by atoms with E-state index >= 15 is 0 Å². The lowest BCUT2D eigenvalue weighted by atomic mass is 9.81. The molecule has 6 aliphatic rings. The Hall–Kier alpha value is -5.60. The zero-order valence-electron chi connectivity index (χ0n) is 44.0. The van der Waals surface area contributed by atoms with Crippen molar-refractivity contribution in [3.8, 4) is 23.0 Å². The van der Waals surface area contributed by atoms with Crippen LogP contribution in [0.5, 0.6) is 11.5 Å². The molecule has 0 atom stereocenters. The van der Waals surface area contributed by atoms with Crippen molar-refractivity contribution >= 4 is 46.7 Å². The third-order valence-corrected chi connectivity index (χ3v) is 17.8. The van der Waals surface area contributed by atoms with Gasteiger partial charge in [0.2, 0.25) is 5.89 Å². The SMILES string of the molecule is CCC1CCC(C(=O)OC2CCC(C(=O)OC3CCC(C(=O)Oc4ccc(OC(=O)C5CCC(OC(=O)[C@H]6CC[C@H](OC(=O)C7CCC(CC)CC7)CC6)CC5)cc4-c4nc5ccccc5c(=O)o4)CC3)CC2)CC1. The van der Waals surface area contributed by atoms with Crippen molar-refractivity contribution in [2.24, 2.45) is 47.3 Å². The summed E-state index contributed by atoms with van der Waals surface area (Å²) in [5.41, 5.74) is -0.108. The van der Waals surface area contributed by atoms with Gasteiger partial charge in [0.25, 0.3) is 0 Å². The van der Waals surface area contributed by atoms with Crippen molar-refractivity contribution in [1.82, 2.24) is 4.98 Å². The van der Waals surface area contributed by atoms with Gasteiger partial charge < -0.3 is 32.8 Å². The third kappa shape index (κ3) is 14.1. The monoisotopic (exact) mass is 1040 g/mol. The first-order valence-electron chi connectivity index (χ1n) is 28.7. The summed E-state index contributed by atoms with van der Waals surface area (Å²) in [5, 5.41) is 0.277. The second-order valence-corrected chi connectivity index (χ2v) is 22.7. The van der Waals surface area contributed by atoms with E-state index in [0.717, 1.165) is 64.2 Å². The van der Waals surface area contributed by atoms with Crippen LogP contribution in [0.2, 0.25) is 0 Å². The maximum Gasteiger partial charge on any atom is 0.347 e. The minimum absolute atomic E-state index is 0.0106. The molecule has 0 bridgehead atoms. The highest BCUT2D eigenvalue weighted by atomic mass is 16.6. The number of carbonyl (C=O) groups is 6. The van der Waals surface area contributed by atoms with Gasteiger partial charge in [-0.05, 0) is 196 Å². The van der Waals surface area contributed by atoms with Gasteiger partial charge in [0, 0.05) is 0 Å². The highest BCUT2D eigenvalue weighted by Gasteiger charge is 2.38. The lowest BCUT2D eigenvalue weighted by Crippen LogP contribution is -2.34. The molecule has 75 heavy (non-hydrogen) atoms. The number of fused-ring (bicyclic) bond motifs is 1. The van der Waals surface area contributed by atoms with Gasteiger partial charge in [-0.2, -0.15) is 0 Å². The van der Waals surface area contributed by atoms with E-state index in [1.807, 2.05) is 0 Å². The largest absolute Gasteiger partial charge is 0.462 e. The topological polar surface area (TPSA) is 201 Å². The molecule has 0 radical (unpaired) electrons. The Morgan fingerprint density at radius 3 is 1.21 bits per heavy atom. The quantitative estimate of drug-likeness (QED) is 0.0790. The molecule has 0 spiro atoms. The third-order valence-electron chi connectivity index (χ3n) is 17.8. The van der Waals surface area contributed by atoms with Crippen molar-refractivity contribution < 1.29 is 61.6 Å². The highest BCUT2D eigenvalue weighted by Crippen LogP contribution is 2.39. The van der Waals surface area contributed by atoms with Gasteiger partial charge in [-0.15, -0.1) is 0 Å². The molecule has 0 amide bonds. The molecule has 3 aromatic rings. The van der Waals surface area contributed by atoms with E-state index < -0.39 is 29.4 Å². The fourth-order valence-corrected chi connectivity index (χ4v) is 12.7. The summed E-state index contributed by atoms with van der Waals surface area (Å²) >= 11 is 0. The van der Waals surface area contributed by atoms with Crippen LogP contribution in [0.15, 0.2) is 51.7 Å². The molecule has 0 saturated heterocycles. The van der Waals surface area contributed by atoms with E-state index in [1.165, 1.54) is 18.2 Å². The van der Waals surface area contributed by atoms with Crippen LogP contribution >= 0.6 is 0 Å². The number of benzene rings is 2. The normalized spacial score (nSPS) is 30.3. The molecule has 1 heterocycles. The number of rotatable bonds is 15. The number of carbonyl (C=O) groups excluding carboxylic acids is 6. The van der Waals surface area contributed by atoms with Crippen LogP contribution in [-0.4, -0.2) is 65.2 Å². The van der Waals surface area contributed by atoms with Gasteiger partial charge in [-0.1, -0.05) is 38.8 Å². The summed E-state index contributed by atoms with van der Waals surface area (Å²) in [6.45, 7) is 4.41. The van der Waals surface area contributed by atoms with E-state index in [9.17, 15) is 33.6 Å². The molecule has 6 fully saturated rings. The standard InChI is InChI=1S/C60H77NO14/c1-3-36-9-13-38(14-10-36)54(62)69-44-25-17-40(18-26-44)56(64)71-46-29-21-42(22-30-46)58(66)73-48-33-34-52(50(35-48)53-61-51-8-6-5-7-49(51)60(68)75-53)74-59(67)43-23-31-47(32-24-43)72-57(65)41-19-27-45(28-20-41)70-55(63)39-15-11-37(4-2)12-16-39/h5-8,33-47H,3-4,9-32H2,1-2H3/t36?,37?,38?,39?,40-,41?,42?,43?,44-,45?,46?,47?. The average Bonchev–Trinajstić information content (AvgIpc) is 3.44. The summed E-state index contributed by atoms with van der Waals surface area (Å²) in [5.74, 6) is -1.51. The Bertz CT molecular complexity index is 2520. The number of nitrogens with zero attached hydrogens (tertiary/aromatic N) is 1. The second kappa shape index (κ2) is 25.5. The molecule has 0 unspecified atom stereocenters. The van der Waals surface area contributed by atoms with Crippen molar-refractivity contribution in [1.29, 1.82) is 0 Å². The Morgan fingerprint density at radius 1 is 0.453 bits per heavy atom. The van der Waals surface area contributed by atoms with E-state index in [1.54, 1.807) is 24.3 Å². The molecule has 6 saturated carbocycles. The van der Waals surface area contributed by atoms with E-state index in [4.69, 9.17) is 32.8 Å². The molecule has 6 aliphatic carbocycles. The van der Waals surface area contributed by atoms with Crippen LogP contribution in [0, 0.1) is 47.3 Å². The first kappa shape index (κ1) is 54.2. The van der Waals surface area contributed by atoms with Gasteiger partial charge in [0.05, 0.1) is 52.0 Å². The van der Waals surface area contributed by atoms with Crippen molar-refractivity contribution in [3.63, 3.8) is 0 Å². The van der Waals surface area contributed by atoms with E-state index in [2.05, 4.69) is 18.8 Å². The molecular formula is C60H77NO14. The van der Waals surface area contributed by atoms with Gasteiger partial charge in [0.1, 0.15) is 35.9 Å². The molecule has 406 valence electrons. The summed E-state index contributed by atoms with van der Waals surface area (Å²) in [6.07, 6.45) is 18.1. The summed E-state index contributed by atoms with van der Waals surface area (Å²) < 4.78 is 41.3. The number of para-hydroxylation sites is 1. The van der Waals surface area contributed by atoms with Crippen LogP contribution < -0.4 is 15.1 Å². The average molecular weight is 1040 g/mol. The molecule has 15 heteroatoms. The summed E-state index contributed by atoms with van der Waals surface area (Å²) in [7, 11) is 0. The van der Waals surface area contributed by atoms with Crippen molar-refractivity contribution in [2.45, 2.75) is 205 Å². The van der Waals surface area contributed by atoms with Crippen molar-refractivity contribution in [2.75, 3.05) is 0 Å². The Morgan fingerprint density at radius 2 is 0.813 bits per heavy atom. The molecular weight excluding hydrogens is 959 g/mol. The Labute approximate surface area is 440 Å². The fourth-order valence-electron chi connectivity index (χ4n) is 12.7. The van der Waals surface area contributed by atoms with Gasteiger partial charge in [-0.25, -0.2) is 9.78 Å².